The first kappa shape index (κ1) is 31.8. The van der Waals surface area contributed by atoms with Crippen LogP contribution in [0.1, 0.15) is 0 Å². The topological polar surface area (TPSA) is 30.7 Å². The van der Waals surface area contributed by atoms with Crippen LogP contribution in [0.5, 0.6) is 0 Å². The number of hydrogen-bond donors (Lipinski definition) is 0. The highest BCUT2D eigenvalue weighted by Gasteiger charge is 2.24. The van der Waals surface area contributed by atoms with E-state index in [0.29, 0.717) is 5.95 Å². The van der Waals surface area contributed by atoms with Crippen LogP contribution in [0.2, 0.25) is 0 Å². The summed E-state index contributed by atoms with van der Waals surface area (Å²) in [6.45, 7) is 0. The molecule has 0 spiro atoms. The third-order valence-electron chi connectivity index (χ3n) is 12.2. The van der Waals surface area contributed by atoms with Crippen LogP contribution in [-0.2, 0) is 0 Å². The molecule has 0 aliphatic heterocycles. The van der Waals surface area contributed by atoms with Crippen LogP contribution in [-0.4, -0.2) is 14.5 Å². The van der Waals surface area contributed by atoms with Gasteiger partial charge in [0.25, 0.3) is 0 Å². The van der Waals surface area contributed by atoms with Gasteiger partial charge < -0.3 is 0 Å². The molecule has 0 aliphatic rings. The Hall–Kier alpha value is -7.40. The summed E-state index contributed by atoms with van der Waals surface area (Å²) in [5.41, 5.74) is 7.64. The minimum atomic E-state index is 0.670. The molecule has 0 unspecified atom stereocenters. The summed E-state index contributed by atoms with van der Waals surface area (Å²) >= 11 is 1.78. The summed E-state index contributed by atoms with van der Waals surface area (Å²) in [6.07, 6.45) is 0. The van der Waals surface area contributed by atoms with Crippen LogP contribution >= 0.6 is 11.3 Å². The van der Waals surface area contributed by atoms with Gasteiger partial charge >= 0.3 is 0 Å². The fraction of sp³-hybridized carbons (Fsp3) is 0. The average molecular weight is 754 g/mol. The van der Waals surface area contributed by atoms with Crippen molar-refractivity contribution in [1.29, 1.82) is 0 Å². The molecule has 0 amide bonds. The molecular weight excluding hydrogens is 723 g/mol. The van der Waals surface area contributed by atoms with Gasteiger partial charge in [0.1, 0.15) is 0 Å². The SMILES string of the molecule is c1ccc(-c2ccc(-c3nc(-n4c5ccc6c7ccccc7c7ccccc7c6c5c5ccc6ccccc6c54)nc4c3sc3ccccc34)c3ccccc23)cc1. The normalized spacial score (nSPS) is 12.1. The van der Waals surface area contributed by atoms with Crippen LogP contribution in [0.25, 0.3) is 124 Å². The van der Waals surface area contributed by atoms with E-state index in [1.54, 1.807) is 11.3 Å². The first-order chi connectivity index (χ1) is 28.8. The molecule has 10 aromatic carbocycles. The lowest BCUT2D eigenvalue weighted by Crippen LogP contribution is -2.03. The molecule has 3 nitrogen and oxygen atoms in total. The number of fused-ring (bicyclic) bond motifs is 16. The Morgan fingerprint density at radius 2 is 0.948 bits per heavy atom. The van der Waals surface area contributed by atoms with Crippen LogP contribution in [0.3, 0.4) is 0 Å². The Bertz CT molecular complexity index is 3820. The molecule has 0 atom stereocenters. The molecular formula is C54H31N3S. The summed E-state index contributed by atoms with van der Waals surface area (Å²) < 4.78 is 4.65. The molecule has 0 saturated carbocycles. The summed E-state index contributed by atoms with van der Waals surface area (Å²) in [5, 5.41) is 15.8. The van der Waals surface area contributed by atoms with Gasteiger partial charge in [-0.2, -0.15) is 0 Å². The van der Waals surface area contributed by atoms with Crippen LogP contribution in [0.15, 0.2) is 188 Å². The van der Waals surface area contributed by atoms with Gasteiger partial charge in [0.15, 0.2) is 0 Å². The zero-order valence-corrected chi connectivity index (χ0v) is 32.0. The van der Waals surface area contributed by atoms with Crippen molar-refractivity contribution in [3.05, 3.63) is 188 Å². The van der Waals surface area contributed by atoms with Crippen LogP contribution < -0.4 is 0 Å². The van der Waals surface area contributed by atoms with Gasteiger partial charge in [0, 0.05) is 37.2 Å². The Kier molecular flexibility index (Phi) is 6.60. The highest BCUT2D eigenvalue weighted by molar-refractivity contribution is 7.26. The van der Waals surface area contributed by atoms with E-state index < -0.39 is 0 Å². The molecule has 0 saturated heterocycles. The standard InChI is InChI=1S/C54H31N3S/c1-2-14-32(15-3-1)34-28-29-43(40-22-9-6-18-36(34)40)50-53-51(44-24-12-13-25-47(44)58-53)56-54(55-50)57-46-31-30-42-39-21-8-7-19-37(39)38-20-10-11-23-41(38)48(42)49(46)45-27-26-33-16-4-5-17-35(33)52(45)57/h1-31H. The van der Waals surface area contributed by atoms with Gasteiger partial charge in [0.2, 0.25) is 5.95 Å². The molecule has 58 heavy (non-hydrogen) atoms. The van der Waals surface area contributed by atoms with E-state index >= 15 is 0 Å². The van der Waals surface area contributed by atoms with E-state index in [1.165, 1.54) is 80.5 Å². The van der Waals surface area contributed by atoms with Crippen molar-refractivity contribution in [2.45, 2.75) is 0 Å². The van der Waals surface area contributed by atoms with Crippen molar-refractivity contribution in [1.82, 2.24) is 14.5 Å². The third-order valence-corrected chi connectivity index (χ3v) is 13.4. The second-order valence-electron chi connectivity index (χ2n) is 15.2. The Labute approximate surface area is 336 Å². The van der Waals surface area contributed by atoms with Gasteiger partial charge in [-0.25, -0.2) is 9.97 Å². The van der Waals surface area contributed by atoms with Crippen molar-refractivity contribution < 1.29 is 0 Å². The lowest BCUT2D eigenvalue weighted by molar-refractivity contribution is 1.02. The third kappa shape index (κ3) is 4.38. The maximum absolute atomic E-state index is 5.72. The first-order valence-electron chi connectivity index (χ1n) is 19.8. The lowest BCUT2D eigenvalue weighted by Gasteiger charge is -2.15. The number of benzene rings is 10. The van der Waals surface area contributed by atoms with Crippen LogP contribution in [0.4, 0.5) is 0 Å². The molecule has 13 rings (SSSR count). The maximum Gasteiger partial charge on any atom is 0.235 e. The molecule has 0 aliphatic carbocycles. The second kappa shape index (κ2) is 12.1. The van der Waals surface area contributed by atoms with Crippen molar-refractivity contribution in [3.8, 4) is 28.3 Å². The predicted molar refractivity (Wildman–Crippen MR) is 248 cm³/mol. The number of rotatable bonds is 3. The lowest BCUT2D eigenvalue weighted by atomic mass is 9.91. The largest absolute Gasteiger partial charge is 0.277 e. The van der Waals surface area contributed by atoms with E-state index in [1.807, 2.05) is 0 Å². The zero-order valence-electron chi connectivity index (χ0n) is 31.1. The highest BCUT2D eigenvalue weighted by Crippen LogP contribution is 2.47. The van der Waals surface area contributed by atoms with E-state index in [-0.39, 0.29) is 0 Å². The molecule has 0 bridgehead atoms. The Morgan fingerprint density at radius 3 is 1.72 bits per heavy atom. The molecule has 268 valence electrons. The fourth-order valence-electron chi connectivity index (χ4n) is 9.71. The summed E-state index contributed by atoms with van der Waals surface area (Å²) in [7, 11) is 0. The summed E-state index contributed by atoms with van der Waals surface area (Å²) in [4.78, 5) is 11.3. The van der Waals surface area contributed by atoms with Crippen LogP contribution in [0, 0.1) is 0 Å². The summed E-state index contributed by atoms with van der Waals surface area (Å²) in [5.74, 6) is 0.670. The predicted octanol–water partition coefficient (Wildman–Crippen LogP) is 15.0. The summed E-state index contributed by atoms with van der Waals surface area (Å²) in [6, 6.07) is 68.3. The molecule has 0 radical (unpaired) electrons. The number of nitrogens with zero attached hydrogens (tertiary/aromatic N) is 3. The quantitative estimate of drug-likeness (QED) is 0.168. The average Bonchev–Trinajstić information content (AvgIpc) is 3.85. The zero-order chi connectivity index (χ0) is 37.9. The minimum absolute atomic E-state index is 0.670. The second-order valence-corrected chi connectivity index (χ2v) is 16.3. The van der Waals surface area contributed by atoms with E-state index in [2.05, 4.69) is 193 Å². The highest BCUT2D eigenvalue weighted by atomic mass is 32.1. The molecule has 3 aromatic heterocycles. The molecule has 4 heteroatoms. The van der Waals surface area contributed by atoms with Gasteiger partial charge in [-0.15, -0.1) is 11.3 Å². The van der Waals surface area contributed by atoms with Gasteiger partial charge in [-0.1, -0.05) is 176 Å². The van der Waals surface area contributed by atoms with E-state index in [9.17, 15) is 0 Å². The fourth-order valence-corrected chi connectivity index (χ4v) is 10.9. The molecule has 3 heterocycles. The van der Waals surface area contributed by atoms with Crippen molar-refractivity contribution in [2.75, 3.05) is 0 Å². The molecule has 0 fully saturated rings. The minimum Gasteiger partial charge on any atom is -0.277 e. The van der Waals surface area contributed by atoms with Crippen molar-refractivity contribution in [3.63, 3.8) is 0 Å². The Morgan fingerprint density at radius 1 is 0.379 bits per heavy atom. The number of thiophene rings is 1. The van der Waals surface area contributed by atoms with Gasteiger partial charge in [0.05, 0.1) is 26.9 Å². The smallest absolute Gasteiger partial charge is 0.235 e. The molecule has 0 N–H and O–H groups in total. The van der Waals surface area contributed by atoms with E-state index in [4.69, 9.17) is 9.97 Å². The maximum atomic E-state index is 5.72. The number of aromatic nitrogens is 3. The first-order valence-corrected chi connectivity index (χ1v) is 20.6. The van der Waals surface area contributed by atoms with Crippen molar-refractivity contribution in [2.24, 2.45) is 0 Å². The number of hydrogen-bond acceptors (Lipinski definition) is 3. The van der Waals surface area contributed by atoms with E-state index in [0.717, 1.165) is 37.9 Å². The molecule has 13 aromatic rings. The monoisotopic (exact) mass is 753 g/mol. The van der Waals surface area contributed by atoms with Crippen molar-refractivity contribution >= 4 is 107 Å². The Balaban J connectivity index is 1.21. The van der Waals surface area contributed by atoms with Gasteiger partial charge in [-0.05, 0) is 66.3 Å². The van der Waals surface area contributed by atoms with Gasteiger partial charge in [-0.3, -0.25) is 4.57 Å².